The minimum Gasteiger partial charge on any atom is -0.313 e. The maximum Gasteiger partial charge on any atom is 0.152 e. The van der Waals surface area contributed by atoms with Gasteiger partial charge in [0.25, 0.3) is 0 Å². The van der Waals surface area contributed by atoms with Crippen LogP contribution in [0.3, 0.4) is 0 Å². The number of sulfone groups is 1. The third kappa shape index (κ3) is 2.92. The summed E-state index contributed by atoms with van der Waals surface area (Å²) in [6.45, 7) is 5.86. The number of nitrogens with one attached hydrogen (secondary N) is 1. The molecule has 1 saturated heterocycles. The van der Waals surface area contributed by atoms with Gasteiger partial charge in [-0.3, -0.25) is 4.68 Å². The first kappa shape index (κ1) is 13.5. The van der Waals surface area contributed by atoms with Gasteiger partial charge in [-0.1, -0.05) is 6.92 Å². The Labute approximate surface area is 108 Å². The largest absolute Gasteiger partial charge is 0.313 e. The Balaban J connectivity index is 2.06. The molecule has 0 aliphatic carbocycles. The number of nitrogens with zero attached hydrogens (tertiary/aromatic N) is 2. The van der Waals surface area contributed by atoms with Gasteiger partial charge in [0, 0.05) is 18.3 Å². The molecular weight excluding hydrogens is 250 g/mol. The summed E-state index contributed by atoms with van der Waals surface area (Å²) in [5.41, 5.74) is 0.732. The van der Waals surface area contributed by atoms with Gasteiger partial charge in [-0.15, -0.1) is 0 Å². The predicted octanol–water partition coefficient (Wildman–Crippen LogP) is 0.916. The second-order valence-corrected chi connectivity index (χ2v) is 7.49. The molecule has 1 aromatic rings. The average molecular weight is 271 g/mol. The van der Waals surface area contributed by atoms with Crippen LogP contribution in [0.25, 0.3) is 0 Å². The Hall–Kier alpha value is -0.880. The van der Waals surface area contributed by atoms with Crippen molar-refractivity contribution in [1.29, 1.82) is 0 Å². The van der Waals surface area contributed by atoms with Crippen LogP contribution in [0.5, 0.6) is 0 Å². The van der Waals surface area contributed by atoms with Crippen molar-refractivity contribution in [3.8, 4) is 0 Å². The van der Waals surface area contributed by atoms with Crippen molar-refractivity contribution < 1.29 is 8.42 Å². The Morgan fingerprint density at radius 1 is 1.56 bits per heavy atom. The van der Waals surface area contributed by atoms with Crippen molar-refractivity contribution in [3.63, 3.8) is 0 Å². The molecule has 1 aliphatic heterocycles. The monoisotopic (exact) mass is 271 g/mol. The summed E-state index contributed by atoms with van der Waals surface area (Å²) in [6, 6.07) is 0. The zero-order chi connectivity index (χ0) is 13.2. The number of aromatic nitrogens is 2. The van der Waals surface area contributed by atoms with Crippen molar-refractivity contribution in [2.24, 2.45) is 0 Å². The molecule has 0 amide bonds. The fourth-order valence-corrected chi connectivity index (χ4v) is 4.45. The van der Waals surface area contributed by atoms with Gasteiger partial charge in [-0.2, -0.15) is 5.10 Å². The van der Waals surface area contributed by atoms with Gasteiger partial charge in [0.1, 0.15) is 0 Å². The van der Waals surface area contributed by atoms with E-state index in [1.165, 1.54) is 0 Å². The second kappa shape index (κ2) is 5.01. The highest BCUT2D eigenvalue weighted by Crippen LogP contribution is 2.30. The summed E-state index contributed by atoms with van der Waals surface area (Å²) in [5.74, 6) is 0.469. The smallest absolute Gasteiger partial charge is 0.152 e. The quantitative estimate of drug-likeness (QED) is 0.809. The van der Waals surface area contributed by atoms with E-state index in [2.05, 4.69) is 17.3 Å². The summed E-state index contributed by atoms with van der Waals surface area (Å²) >= 11 is 0. The molecule has 1 fully saturated rings. The lowest BCUT2D eigenvalue weighted by molar-refractivity contribution is 0.328. The zero-order valence-electron chi connectivity index (χ0n) is 11.0. The topological polar surface area (TPSA) is 64.0 Å². The van der Waals surface area contributed by atoms with E-state index in [1.54, 1.807) is 0 Å². The fraction of sp³-hybridized carbons (Fsp3) is 0.750. The fourth-order valence-electron chi connectivity index (χ4n) is 2.33. The van der Waals surface area contributed by atoms with E-state index in [-0.39, 0.29) is 17.0 Å². The summed E-state index contributed by atoms with van der Waals surface area (Å²) in [5, 5.41) is 7.64. The van der Waals surface area contributed by atoms with E-state index >= 15 is 0 Å². The molecule has 2 rings (SSSR count). The molecule has 1 unspecified atom stereocenters. The normalized spacial score (nSPS) is 26.6. The Kier molecular flexibility index (Phi) is 3.77. The van der Waals surface area contributed by atoms with Crippen LogP contribution in [0.2, 0.25) is 0 Å². The lowest BCUT2D eigenvalue weighted by atomic mass is 10.0. The highest BCUT2D eigenvalue weighted by Gasteiger charge is 2.40. The van der Waals surface area contributed by atoms with Crippen LogP contribution in [0, 0.1) is 0 Å². The van der Waals surface area contributed by atoms with E-state index < -0.39 is 9.84 Å². The molecule has 18 heavy (non-hydrogen) atoms. The number of hydrogen-bond acceptors (Lipinski definition) is 4. The lowest BCUT2D eigenvalue weighted by Gasteiger charge is -2.22. The Morgan fingerprint density at radius 2 is 2.33 bits per heavy atom. The molecule has 1 aromatic heterocycles. The van der Waals surface area contributed by atoms with Crippen molar-refractivity contribution in [2.45, 2.75) is 38.8 Å². The molecule has 0 aromatic carbocycles. The second-order valence-electron chi connectivity index (χ2n) is 5.31. The summed E-state index contributed by atoms with van der Waals surface area (Å²) < 4.78 is 25.0. The van der Waals surface area contributed by atoms with E-state index in [4.69, 9.17) is 0 Å². The first-order valence-corrected chi connectivity index (χ1v) is 8.22. The molecule has 1 N–H and O–H groups in total. The minimum absolute atomic E-state index is 0.198. The maximum atomic E-state index is 11.6. The van der Waals surface area contributed by atoms with Crippen molar-refractivity contribution in [2.75, 3.05) is 18.1 Å². The third-order valence-corrected chi connectivity index (χ3v) is 5.32. The van der Waals surface area contributed by atoms with Crippen LogP contribution in [-0.2, 0) is 21.9 Å². The summed E-state index contributed by atoms with van der Waals surface area (Å²) in [4.78, 5) is 0. The van der Waals surface area contributed by atoms with Gasteiger partial charge in [0.2, 0.25) is 0 Å². The predicted molar refractivity (Wildman–Crippen MR) is 71.1 cm³/mol. The molecule has 102 valence electrons. The van der Waals surface area contributed by atoms with Crippen LogP contribution in [0.1, 0.15) is 32.3 Å². The van der Waals surface area contributed by atoms with Gasteiger partial charge < -0.3 is 5.32 Å². The number of rotatable bonds is 5. The van der Waals surface area contributed by atoms with Crippen LogP contribution < -0.4 is 5.32 Å². The SMILES string of the molecule is CCCNCc1cnn(C2(C)CCS(=O)(=O)C2)c1. The highest BCUT2D eigenvalue weighted by atomic mass is 32.2. The Morgan fingerprint density at radius 3 is 2.94 bits per heavy atom. The van der Waals surface area contributed by atoms with E-state index in [0.29, 0.717) is 6.42 Å². The molecular formula is C12H21N3O2S. The first-order valence-electron chi connectivity index (χ1n) is 6.40. The molecule has 6 heteroatoms. The molecule has 0 bridgehead atoms. The minimum atomic E-state index is -2.89. The first-order chi connectivity index (χ1) is 8.45. The van der Waals surface area contributed by atoms with Crippen molar-refractivity contribution in [1.82, 2.24) is 15.1 Å². The van der Waals surface area contributed by atoms with Gasteiger partial charge >= 0.3 is 0 Å². The van der Waals surface area contributed by atoms with Gasteiger partial charge in [0.15, 0.2) is 9.84 Å². The maximum absolute atomic E-state index is 11.6. The van der Waals surface area contributed by atoms with E-state index in [0.717, 1.165) is 25.1 Å². The van der Waals surface area contributed by atoms with Crippen LogP contribution in [-0.4, -0.2) is 36.2 Å². The number of hydrogen-bond donors (Lipinski definition) is 1. The molecule has 5 nitrogen and oxygen atoms in total. The van der Waals surface area contributed by atoms with Gasteiger partial charge in [-0.25, -0.2) is 8.42 Å². The van der Waals surface area contributed by atoms with E-state index in [9.17, 15) is 8.42 Å². The van der Waals surface area contributed by atoms with E-state index in [1.807, 2.05) is 24.0 Å². The van der Waals surface area contributed by atoms with Gasteiger partial charge in [-0.05, 0) is 26.3 Å². The summed E-state index contributed by atoms with van der Waals surface area (Å²) in [7, 11) is -2.89. The standard InChI is InChI=1S/C12H21N3O2S/c1-3-5-13-7-11-8-14-15(9-11)12(2)4-6-18(16,17)10-12/h8-9,13H,3-7,10H2,1-2H3. The molecule has 1 aliphatic rings. The molecule has 0 saturated carbocycles. The summed E-state index contributed by atoms with van der Waals surface area (Å²) in [6.07, 6.45) is 5.53. The van der Waals surface area contributed by atoms with Crippen molar-refractivity contribution >= 4 is 9.84 Å². The Bertz CT molecular complexity index is 509. The molecule has 2 heterocycles. The lowest BCUT2D eigenvalue weighted by Crippen LogP contribution is -2.31. The van der Waals surface area contributed by atoms with Crippen LogP contribution in [0.4, 0.5) is 0 Å². The van der Waals surface area contributed by atoms with Crippen LogP contribution >= 0.6 is 0 Å². The molecule has 0 radical (unpaired) electrons. The molecule has 1 atom stereocenters. The highest BCUT2D eigenvalue weighted by molar-refractivity contribution is 7.91. The zero-order valence-corrected chi connectivity index (χ0v) is 11.8. The van der Waals surface area contributed by atoms with Crippen molar-refractivity contribution in [3.05, 3.63) is 18.0 Å². The average Bonchev–Trinajstić information content (AvgIpc) is 2.85. The molecule has 0 spiro atoms. The van der Waals surface area contributed by atoms with Crippen LogP contribution in [0.15, 0.2) is 12.4 Å². The van der Waals surface area contributed by atoms with Gasteiger partial charge in [0.05, 0.1) is 23.2 Å². The third-order valence-electron chi connectivity index (χ3n) is 3.43.